The summed E-state index contributed by atoms with van der Waals surface area (Å²) in [6.07, 6.45) is -8.18. The summed E-state index contributed by atoms with van der Waals surface area (Å²) < 4.78 is 49.5. The second-order valence-corrected chi connectivity index (χ2v) is 13.8. The smallest absolute Gasteiger partial charge is 0.306 e. The number of aliphatic hydroxyl groups excluding tert-OH is 4. The molecule has 15 heteroatoms. The van der Waals surface area contributed by atoms with Crippen molar-refractivity contribution in [1.82, 2.24) is 0 Å². The van der Waals surface area contributed by atoms with E-state index in [2.05, 4.69) is 0 Å². The van der Waals surface area contributed by atoms with Crippen molar-refractivity contribution in [2.45, 2.75) is 205 Å². The molecule has 15 nitrogen and oxygen atoms in total. The lowest BCUT2D eigenvalue weighted by Crippen LogP contribution is -2.65. The van der Waals surface area contributed by atoms with Gasteiger partial charge in [0, 0.05) is 27.0 Å². The Labute approximate surface area is 315 Å². The van der Waals surface area contributed by atoms with Gasteiger partial charge in [-0.2, -0.15) is 0 Å². The van der Waals surface area contributed by atoms with Crippen molar-refractivity contribution in [3.8, 4) is 0 Å². The van der Waals surface area contributed by atoms with E-state index in [4.69, 9.17) is 34.5 Å². The molecule has 0 aliphatic carbocycles. The Morgan fingerprint density at radius 1 is 0.547 bits per heavy atom. The monoisotopic (exact) mass is 763 g/mol. The molecular formula is C38H66O15. The van der Waals surface area contributed by atoms with Crippen molar-refractivity contribution in [3.63, 3.8) is 0 Å². The van der Waals surface area contributed by atoms with Gasteiger partial charge in [-0.05, 0) is 25.7 Å². The zero-order valence-corrected chi connectivity index (χ0v) is 32.1. The molecule has 0 aromatic rings. The molecule has 0 bridgehead atoms. The van der Waals surface area contributed by atoms with E-state index in [0.29, 0.717) is 25.7 Å². The third-order valence-electron chi connectivity index (χ3n) is 9.23. The molecule has 0 saturated carbocycles. The average Bonchev–Trinajstić information content (AvgIpc) is 3.15. The van der Waals surface area contributed by atoms with Crippen LogP contribution >= 0.6 is 0 Å². The van der Waals surface area contributed by atoms with Gasteiger partial charge in [0.2, 0.25) is 6.29 Å². The zero-order chi connectivity index (χ0) is 40.0. The number of carbonyl (C=O) groups excluding carboxylic acids is 4. The predicted octanol–water partition coefficient (Wildman–Crippen LogP) is 3.91. The van der Waals surface area contributed by atoms with Gasteiger partial charge < -0.3 is 53.6 Å². The summed E-state index contributed by atoms with van der Waals surface area (Å²) in [5.41, 5.74) is 0. The molecule has 4 N–H and O–H groups in total. The molecule has 0 aromatic carbocycles. The molecule has 0 amide bonds. The van der Waals surface area contributed by atoms with Gasteiger partial charge in [0.25, 0.3) is 0 Å². The highest BCUT2D eigenvalue weighted by molar-refractivity contribution is 5.72. The number of carbonyl (C=O) groups is 4. The van der Waals surface area contributed by atoms with Gasteiger partial charge in [-0.15, -0.1) is 0 Å². The van der Waals surface area contributed by atoms with E-state index < -0.39 is 105 Å². The molecule has 0 radical (unpaired) electrons. The van der Waals surface area contributed by atoms with Crippen LogP contribution in [0.15, 0.2) is 0 Å². The Bertz CT molecular complexity index is 1090. The van der Waals surface area contributed by atoms with E-state index in [1.165, 1.54) is 0 Å². The highest BCUT2D eigenvalue weighted by atomic mass is 16.8. The quantitative estimate of drug-likeness (QED) is 0.0559. The molecule has 2 saturated heterocycles. The fourth-order valence-electron chi connectivity index (χ4n) is 6.04. The number of esters is 4. The second-order valence-electron chi connectivity index (χ2n) is 13.8. The largest absolute Gasteiger partial charge is 0.463 e. The van der Waals surface area contributed by atoms with Crippen LogP contribution in [0.3, 0.4) is 0 Å². The lowest BCUT2D eigenvalue weighted by Gasteiger charge is -2.47. The third-order valence-corrected chi connectivity index (χ3v) is 9.23. The third kappa shape index (κ3) is 16.5. The topological polar surface area (TPSA) is 214 Å². The zero-order valence-electron chi connectivity index (χ0n) is 33.1. The van der Waals surface area contributed by atoms with Gasteiger partial charge in [-0.1, -0.05) is 91.9 Å². The summed E-state index contributed by atoms with van der Waals surface area (Å²) in [5.74, 6) is -2.96. The normalized spacial score (nSPS) is 29.5. The van der Waals surface area contributed by atoms with E-state index in [1.807, 2.05) is 27.7 Å². The molecular weight excluding hydrogens is 696 g/mol. The minimum absolute atomic E-state index is 0.00678. The maximum Gasteiger partial charge on any atom is 0.306 e. The van der Waals surface area contributed by atoms with Gasteiger partial charge in [-0.25, -0.2) is 0 Å². The highest BCUT2D eigenvalue weighted by Gasteiger charge is 2.55. The lowest BCUT2D eigenvalue weighted by atomic mass is 9.97. The molecule has 2 heterocycles. The first-order valence-electron chi connectivity index (χ1n) is 20.3. The van der Waals surface area contributed by atoms with Crippen LogP contribution < -0.4 is 0 Å². The summed E-state index contributed by atoms with van der Waals surface area (Å²) >= 11 is 0. The fraction of sp³-hybridized carbons (Fsp3) is 0.895. The number of hydrogen-bond acceptors (Lipinski definition) is 15. The SMILES string of the molecule is [2H]C(CCCCCC)C(=O)O[C@@H]1C(OC2O[C@H](CO)[C@H](O)[C@H](O)[C@H]2O)O[C@H](COC(=O)CCCCC)[C@@H](OC(=O)CCCCC)[C@@H]1OC(=O)CCCCC. The molecule has 0 aromatic heterocycles. The first kappa shape index (κ1) is 45.0. The van der Waals surface area contributed by atoms with Crippen LogP contribution in [0.1, 0.15) is 145 Å². The predicted molar refractivity (Wildman–Crippen MR) is 190 cm³/mol. The number of aliphatic hydroxyl groups is 4. The molecule has 308 valence electrons. The van der Waals surface area contributed by atoms with Crippen LogP contribution in [-0.4, -0.2) is 119 Å². The molecule has 2 fully saturated rings. The van der Waals surface area contributed by atoms with Crippen LogP contribution in [0.5, 0.6) is 0 Å². The maximum atomic E-state index is 13.5. The highest BCUT2D eigenvalue weighted by Crippen LogP contribution is 2.33. The molecule has 2 aliphatic rings. The van der Waals surface area contributed by atoms with Crippen LogP contribution in [0.25, 0.3) is 0 Å². The van der Waals surface area contributed by atoms with E-state index >= 15 is 0 Å². The molecule has 2 aliphatic heterocycles. The fourth-order valence-corrected chi connectivity index (χ4v) is 6.04. The van der Waals surface area contributed by atoms with Crippen molar-refractivity contribution in [3.05, 3.63) is 0 Å². The van der Waals surface area contributed by atoms with Crippen molar-refractivity contribution >= 4 is 23.9 Å². The maximum absolute atomic E-state index is 13.5. The second kappa shape index (κ2) is 26.4. The van der Waals surface area contributed by atoms with Crippen molar-refractivity contribution in [1.29, 1.82) is 0 Å². The lowest BCUT2D eigenvalue weighted by molar-refractivity contribution is -0.377. The summed E-state index contributed by atoms with van der Waals surface area (Å²) in [5, 5.41) is 41.5. The molecule has 3 unspecified atom stereocenters. The Kier molecular flexibility index (Phi) is 22.4. The van der Waals surface area contributed by atoms with Crippen molar-refractivity contribution < 1.29 is 74.1 Å². The Morgan fingerprint density at radius 2 is 1.04 bits per heavy atom. The van der Waals surface area contributed by atoms with Gasteiger partial charge in [-0.3, -0.25) is 19.2 Å². The van der Waals surface area contributed by atoms with E-state index in [0.717, 1.165) is 57.8 Å². The van der Waals surface area contributed by atoms with E-state index in [1.54, 1.807) is 0 Å². The molecule has 11 atom stereocenters. The summed E-state index contributed by atoms with van der Waals surface area (Å²) in [6, 6.07) is 0. The molecule has 2 rings (SSSR count). The number of rotatable bonds is 26. The van der Waals surface area contributed by atoms with Crippen molar-refractivity contribution in [2.75, 3.05) is 13.2 Å². The Hall–Kier alpha value is -2.40. The van der Waals surface area contributed by atoms with Crippen LogP contribution in [0.4, 0.5) is 0 Å². The Morgan fingerprint density at radius 3 is 1.60 bits per heavy atom. The van der Waals surface area contributed by atoms with Gasteiger partial charge >= 0.3 is 23.9 Å². The van der Waals surface area contributed by atoms with Crippen molar-refractivity contribution in [2.24, 2.45) is 0 Å². The first-order valence-corrected chi connectivity index (χ1v) is 19.7. The van der Waals surface area contributed by atoms with Crippen LogP contribution in [0.2, 0.25) is 0 Å². The first-order chi connectivity index (χ1) is 25.9. The minimum atomic E-state index is -1.90. The average molecular weight is 764 g/mol. The number of hydrogen-bond donors (Lipinski definition) is 4. The summed E-state index contributed by atoms with van der Waals surface area (Å²) in [7, 11) is 0. The van der Waals surface area contributed by atoms with Crippen LogP contribution in [-0.2, 0) is 52.3 Å². The standard InChI is InChI=1S/C38H66O15/c1-5-9-13-14-18-22-30(43)52-36-35(51-29(42)21-17-12-8-4)34(50-28(41)20-16-11-7-3)26(24-47-27(40)19-15-10-6-2)49-38(36)53-37-33(46)32(45)31(44)25(23-39)48-37/h25-26,31-39,44-46H,5-24H2,1-4H3/t25-,26-,31+,32+,33-,34-,35+,36+,37?,38?/m1/s1/i22D/t22?,25-,26-,31+,32+,33-,34-,35+,36+,37?,38?. The Balaban J connectivity index is 2.60. The summed E-state index contributed by atoms with van der Waals surface area (Å²) in [4.78, 5) is 52.9. The molecule has 53 heavy (non-hydrogen) atoms. The molecule has 0 spiro atoms. The summed E-state index contributed by atoms with van der Waals surface area (Å²) in [6.45, 7) is 6.67. The number of unbranched alkanes of at least 4 members (excludes halogenated alkanes) is 9. The van der Waals surface area contributed by atoms with E-state index in [9.17, 15) is 39.6 Å². The van der Waals surface area contributed by atoms with E-state index in [-0.39, 0.29) is 25.7 Å². The number of ether oxygens (including phenoxy) is 7. The van der Waals surface area contributed by atoms with Gasteiger partial charge in [0.05, 0.1) is 6.61 Å². The minimum Gasteiger partial charge on any atom is -0.463 e. The van der Waals surface area contributed by atoms with Crippen LogP contribution in [0, 0.1) is 0 Å². The van der Waals surface area contributed by atoms with Gasteiger partial charge in [0.15, 0.2) is 24.6 Å². The van der Waals surface area contributed by atoms with Gasteiger partial charge in [0.1, 0.15) is 37.1 Å².